The monoisotopic (exact) mass is 355 g/mol. The molecule has 1 N–H and O–H groups in total. The van der Waals surface area contributed by atoms with Crippen molar-refractivity contribution >= 4 is 17.2 Å². The summed E-state index contributed by atoms with van der Waals surface area (Å²) < 4.78 is 0. The number of aromatic nitrogens is 1. The van der Waals surface area contributed by atoms with E-state index in [0.29, 0.717) is 18.5 Å². The molecule has 2 bridgehead atoms. The van der Waals surface area contributed by atoms with Gasteiger partial charge in [0.15, 0.2) is 0 Å². The molecular formula is C20H25N3OS. The van der Waals surface area contributed by atoms with Gasteiger partial charge in [0.1, 0.15) is 5.01 Å². The summed E-state index contributed by atoms with van der Waals surface area (Å²) in [6.07, 6.45) is 5.00. The minimum atomic E-state index is 0.215. The zero-order valence-corrected chi connectivity index (χ0v) is 15.5. The summed E-state index contributed by atoms with van der Waals surface area (Å²) in [4.78, 5) is 19.4. The highest BCUT2D eigenvalue weighted by Gasteiger charge is 2.31. The van der Waals surface area contributed by atoms with Crippen LogP contribution < -0.4 is 5.32 Å². The Labute approximate surface area is 153 Å². The summed E-state index contributed by atoms with van der Waals surface area (Å²) in [6, 6.07) is 9.65. The van der Waals surface area contributed by atoms with Gasteiger partial charge < -0.3 is 10.2 Å². The number of fused-ring (bicyclic) bond motifs is 2. The second-order valence-corrected chi connectivity index (χ2v) is 8.00. The number of likely N-dealkylation sites (tertiary alicyclic amines) is 1. The van der Waals surface area contributed by atoms with Gasteiger partial charge in [-0.3, -0.25) is 4.79 Å². The highest BCUT2D eigenvalue weighted by atomic mass is 32.1. The lowest BCUT2D eigenvalue weighted by Crippen LogP contribution is -2.39. The van der Waals surface area contributed by atoms with Crippen LogP contribution in [0.2, 0.25) is 0 Å². The lowest BCUT2D eigenvalue weighted by molar-refractivity contribution is -0.130. The molecule has 132 valence electrons. The summed E-state index contributed by atoms with van der Waals surface area (Å²) in [5.74, 6) is 0.215. The molecule has 25 heavy (non-hydrogen) atoms. The van der Waals surface area contributed by atoms with Gasteiger partial charge in [0, 0.05) is 36.1 Å². The molecule has 4 rings (SSSR count). The van der Waals surface area contributed by atoms with Crippen molar-refractivity contribution in [3.63, 3.8) is 0 Å². The smallest absolute Gasteiger partial charge is 0.228 e. The molecule has 0 saturated carbocycles. The minimum absolute atomic E-state index is 0.215. The van der Waals surface area contributed by atoms with Gasteiger partial charge in [-0.05, 0) is 31.2 Å². The number of hydrogen-bond acceptors (Lipinski definition) is 4. The van der Waals surface area contributed by atoms with E-state index in [-0.39, 0.29) is 5.91 Å². The Morgan fingerprint density at radius 3 is 2.84 bits per heavy atom. The highest BCUT2D eigenvalue weighted by Crippen LogP contribution is 2.25. The second-order valence-electron chi connectivity index (χ2n) is 7.14. The zero-order valence-electron chi connectivity index (χ0n) is 14.7. The highest BCUT2D eigenvalue weighted by molar-refractivity contribution is 7.13. The molecule has 1 aromatic carbocycles. The molecule has 2 atom stereocenters. The Kier molecular flexibility index (Phi) is 4.86. The number of thiazole rings is 1. The first kappa shape index (κ1) is 16.7. The number of hydrogen-bond donors (Lipinski definition) is 1. The molecule has 0 aliphatic carbocycles. The van der Waals surface area contributed by atoms with Gasteiger partial charge in [0.05, 0.1) is 12.1 Å². The standard InChI is InChI=1S/C20H25N3OS/c1-2-14-3-5-15(6-4-14)20-22-18(13-25-20)11-19(24)23-10-9-16-7-8-17(12-23)21-16/h3-6,13,16-17,21H,2,7-12H2,1H3. The lowest BCUT2D eigenvalue weighted by atomic mass is 10.1. The lowest BCUT2D eigenvalue weighted by Gasteiger charge is -2.24. The van der Waals surface area contributed by atoms with Crippen LogP contribution in [0.5, 0.6) is 0 Å². The number of aryl methyl sites for hydroxylation is 1. The van der Waals surface area contributed by atoms with Crippen LogP contribution in [0.3, 0.4) is 0 Å². The van der Waals surface area contributed by atoms with E-state index in [9.17, 15) is 4.79 Å². The molecule has 2 unspecified atom stereocenters. The number of nitrogens with one attached hydrogen (secondary N) is 1. The third kappa shape index (κ3) is 3.77. The topological polar surface area (TPSA) is 45.2 Å². The molecule has 1 aromatic heterocycles. The second kappa shape index (κ2) is 7.26. The third-order valence-corrected chi connectivity index (χ3v) is 6.31. The summed E-state index contributed by atoms with van der Waals surface area (Å²) in [5, 5.41) is 6.66. The summed E-state index contributed by atoms with van der Waals surface area (Å²) in [6.45, 7) is 3.89. The molecule has 2 aliphatic heterocycles. The van der Waals surface area contributed by atoms with Gasteiger partial charge in [0.25, 0.3) is 0 Å². The van der Waals surface area contributed by atoms with Crippen LogP contribution >= 0.6 is 11.3 Å². The van der Waals surface area contributed by atoms with Crippen LogP contribution in [0.15, 0.2) is 29.6 Å². The van der Waals surface area contributed by atoms with Crippen molar-refractivity contribution in [2.75, 3.05) is 13.1 Å². The fourth-order valence-corrected chi connectivity index (χ4v) is 4.67. The van der Waals surface area contributed by atoms with Crippen LogP contribution in [0.1, 0.15) is 37.4 Å². The molecule has 2 aromatic rings. The number of amides is 1. The first-order valence-corrected chi connectivity index (χ1v) is 10.2. The van der Waals surface area contributed by atoms with Crippen LogP contribution in [0.25, 0.3) is 10.6 Å². The first-order valence-electron chi connectivity index (χ1n) is 9.29. The van der Waals surface area contributed by atoms with Crippen molar-refractivity contribution < 1.29 is 4.79 Å². The van der Waals surface area contributed by atoms with E-state index in [4.69, 9.17) is 4.98 Å². The van der Waals surface area contributed by atoms with E-state index >= 15 is 0 Å². The minimum Gasteiger partial charge on any atom is -0.341 e. The van der Waals surface area contributed by atoms with Gasteiger partial charge in [-0.1, -0.05) is 31.2 Å². The molecule has 2 aliphatic rings. The maximum atomic E-state index is 12.7. The SMILES string of the molecule is CCc1ccc(-c2nc(CC(=O)N3CCC4CCC(C3)N4)cs2)cc1. The van der Waals surface area contributed by atoms with Crippen molar-refractivity contribution in [3.05, 3.63) is 40.9 Å². The van der Waals surface area contributed by atoms with Crippen molar-refractivity contribution in [1.82, 2.24) is 15.2 Å². The number of benzene rings is 1. The number of carbonyl (C=O) groups is 1. The van der Waals surface area contributed by atoms with Gasteiger partial charge in [-0.2, -0.15) is 0 Å². The molecule has 1 amide bonds. The van der Waals surface area contributed by atoms with Crippen molar-refractivity contribution in [3.8, 4) is 10.6 Å². The van der Waals surface area contributed by atoms with E-state index in [1.54, 1.807) is 11.3 Å². The van der Waals surface area contributed by atoms with Crippen LogP contribution in [0, 0.1) is 0 Å². The first-order chi connectivity index (χ1) is 12.2. The normalized spacial score (nSPS) is 22.8. The quantitative estimate of drug-likeness (QED) is 0.915. The van der Waals surface area contributed by atoms with E-state index in [0.717, 1.165) is 42.2 Å². The zero-order chi connectivity index (χ0) is 17.2. The molecule has 2 saturated heterocycles. The molecule has 5 heteroatoms. The van der Waals surface area contributed by atoms with Crippen molar-refractivity contribution in [2.45, 2.75) is 51.1 Å². The fourth-order valence-electron chi connectivity index (χ4n) is 3.84. The van der Waals surface area contributed by atoms with E-state index < -0.39 is 0 Å². The molecule has 3 heterocycles. The van der Waals surface area contributed by atoms with Crippen molar-refractivity contribution in [2.24, 2.45) is 0 Å². The Bertz CT molecular complexity index is 740. The van der Waals surface area contributed by atoms with E-state index in [2.05, 4.69) is 36.5 Å². The largest absolute Gasteiger partial charge is 0.341 e. The molecule has 0 spiro atoms. The average molecular weight is 356 g/mol. The van der Waals surface area contributed by atoms with Crippen LogP contribution in [-0.2, 0) is 17.6 Å². The van der Waals surface area contributed by atoms with Crippen molar-refractivity contribution in [1.29, 1.82) is 0 Å². The predicted octanol–water partition coefficient (Wildman–Crippen LogP) is 3.27. The number of rotatable bonds is 4. The van der Waals surface area contributed by atoms with Gasteiger partial charge in [-0.25, -0.2) is 4.98 Å². The Balaban J connectivity index is 1.41. The van der Waals surface area contributed by atoms with E-state index in [1.807, 2.05) is 10.3 Å². The summed E-state index contributed by atoms with van der Waals surface area (Å²) in [7, 11) is 0. The van der Waals surface area contributed by atoms with E-state index in [1.165, 1.54) is 18.4 Å². The Morgan fingerprint density at radius 2 is 2.04 bits per heavy atom. The van der Waals surface area contributed by atoms with Crippen LogP contribution in [0.4, 0.5) is 0 Å². The average Bonchev–Trinajstić information content (AvgIpc) is 3.21. The maximum absolute atomic E-state index is 12.7. The third-order valence-electron chi connectivity index (χ3n) is 5.37. The Hall–Kier alpha value is -1.72. The predicted molar refractivity (Wildman–Crippen MR) is 102 cm³/mol. The summed E-state index contributed by atoms with van der Waals surface area (Å²) >= 11 is 1.63. The maximum Gasteiger partial charge on any atom is 0.228 e. The van der Waals surface area contributed by atoms with Gasteiger partial charge in [-0.15, -0.1) is 11.3 Å². The number of carbonyl (C=O) groups excluding carboxylic acids is 1. The van der Waals surface area contributed by atoms with Gasteiger partial charge >= 0.3 is 0 Å². The molecule has 4 nitrogen and oxygen atoms in total. The molecule has 2 fully saturated rings. The fraction of sp³-hybridized carbons (Fsp3) is 0.500. The van der Waals surface area contributed by atoms with Gasteiger partial charge in [0.2, 0.25) is 5.91 Å². The number of nitrogens with zero attached hydrogens (tertiary/aromatic N) is 2. The Morgan fingerprint density at radius 1 is 1.24 bits per heavy atom. The molecular weight excluding hydrogens is 330 g/mol. The summed E-state index contributed by atoms with van der Waals surface area (Å²) in [5.41, 5.74) is 3.36. The molecule has 0 radical (unpaired) electrons. The van der Waals surface area contributed by atoms with Crippen LogP contribution in [-0.4, -0.2) is 41.0 Å².